The van der Waals surface area contributed by atoms with Crippen LogP contribution in [0.15, 0.2) is 0 Å². The highest BCUT2D eigenvalue weighted by Crippen LogP contribution is 1.97. The van der Waals surface area contributed by atoms with Gasteiger partial charge in [0.05, 0.1) is 12.1 Å². The second-order valence-corrected chi connectivity index (χ2v) is 3.51. The first-order chi connectivity index (χ1) is 6.47. The van der Waals surface area contributed by atoms with Crippen LogP contribution < -0.4 is 11.1 Å². The summed E-state index contributed by atoms with van der Waals surface area (Å²) in [5.74, 6) is 2.06. The quantitative estimate of drug-likeness (QED) is 0.527. The van der Waals surface area contributed by atoms with Crippen LogP contribution in [0, 0.1) is 12.3 Å². The number of hydrogen-bond acceptors (Lipinski definition) is 3. The van der Waals surface area contributed by atoms with Gasteiger partial charge in [0.1, 0.15) is 0 Å². The lowest BCUT2D eigenvalue weighted by Crippen LogP contribution is -2.44. The molecule has 0 aliphatic heterocycles. The first-order valence-corrected chi connectivity index (χ1v) is 4.64. The topological polar surface area (TPSA) is 75.4 Å². The molecule has 4 N–H and O–H groups in total. The maximum Gasteiger partial charge on any atom is 0.238 e. The van der Waals surface area contributed by atoms with Crippen LogP contribution in [-0.4, -0.2) is 29.2 Å². The normalized spacial score (nSPS) is 16.5. The van der Waals surface area contributed by atoms with Gasteiger partial charge in [0.25, 0.3) is 0 Å². The minimum absolute atomic E-state index is 0.0914. The Bertz CT molecular complexity index is 221. The van der Waals surface area contributed by atoms with Crippen LogP contribution in [0.5, 0.6) is 0 Å². The molecule has 0 radical (unpaired) electrons. The second kappa shape index (κ2) is 6.41. The van der Waals surface area contributed by atoms with Crippen molar-refractivity contribution in [1.29, 1.82) is 0 Å². The number of hydrogen-bond donors (Lipinski definition) is 3. The minimum Gasteiger partial charge on any atom is -0.393 e. The lowest BCUT2D eigenvalue weighted by atomic mass is 10.1. The van der Waals surface area contributed by atoms with E-state index in [1.54, 1.807) is 6.92 Å². The van der Waals surface area contributed by atoms with Crippen molar-refractivity contribution in [3.05, 3.63) is 0 Å². The van der Waals surface area contributed by atoms with Crippen LogP contribution in [0.25, 0.3) is 0 Å². The molecule has 0 aliphatic carbocycles. The van der Waals surface area contributed by atoms with Crippen LogP contribution in [0.1, 0.15) is 26.7 Å². The standard InChI is InChI=1S/C10H18N2O2/c1-4-5-9(11)10(14)12-7(2)6-8(3)13/h1,7-9,13H,5-6,11H2,2-3H3,(H,12,14). The highest BCUT2D eigenvalue weighted by molar-refractivity contribution is 5.82. The molecule has 14 heavy (non-hydrogen) atoms. The van der Waals surface area contributed by atoms with E-state index in [4.69, 9.17) is 17.3 Å². The van der Waals surface area contributed by atoms with Crippen molar-refractivity contribution in [2.75, 3.05) is 0 Å². The molecule has 0 heterocycles. The maximum atomic E-state index is 11.3. The van der Waals surface area contributed by atoms with Gasteiger partial charge < -0.3 is 16.2 Å². The zero-order valence-corrected chi connectivity index (χ0v) is 8.66. The van der Waals surface area contributed by atoms with E-state index in [2.05, 4.69) is 11.2 Å². The van der Waals surface area contributed by atoms with Gasteiger partial charge in [0.2, 0.25) is 5.91 Å². The first-order valence-electron chi connectivity index (χ1n) is 4.64. The highest BCUT2D eigenvalue weighted by atomic mass is 16.3. The Morgan fingerprint density at radius 3 is 2.64 bits per heavy atom. The number of aliphatic hydroxyl groups excluding tert-OH is 1. The molecule has 0 fully saturated rings. The van der Waals surface area contributed by atoms with Crippen molar-refractivity contribution in [1.82, 2.24) is 5.32 Å². The molecule has 4 heteroatoms. The summed E-state index contributed by atoms with van der Waals surface area (Å²) < 4.78 is 0. The predicted octanol–water partition coefficient (Wildman–Crippen LogP) is -0.387. The summed E-state index contributed by atoms with van der Waals surface area (Å²) in [5.41, 5.74) is 5.49. The summed E-state index contributed by atoms with van der Waals surface area (Å²) in [4.78, 5) is 11.3. The molecule has 0 rings (SSSR count). The molecule has 0 bridgehead atoms. The third-order valence-electron chi connectivity index (χ3n) is 1.76. The van der Waals surface area contributed by atoms with Crippen molar-refractivity contribution < 1.29 is 9.90 Å². The van der Waals surface area contributed by atoms with E-state index in [1.165, 1.54) is 0 Å². The van der Waals surface area contributed by atoms with E-state index < -0.39 is 12.1 Å². The molecular formula is C10H18N2O2. The Morgan fingerprint density at radius 2 is 2.21 bits per heavy atom. The molecular weight excluding hydrogens is 180 g/mol. The molecule has 1 amide bonds. The van der Waals surface area contributed by atoms with E-state index in [1.807, 2.05) is 6.92 Å². The Labute approximate surface area is 84.9 Å². The maximum absolute atomic E-state index is 11.3. The van der Waals surface area contributed by atoms with Gasteiger partial charge in [-0.15, -0.1) is 12.3 Å². The van der Waals surface area contributed by atoms with E-state index in [9.17, 15) is 4.79 Å². The van der Waals surface area contributed by atoms with Crippen LogP contribution in [0.4, 0.5) is 0 Å². The zero-order chi connectivity index (χ0) is 11.1. The third-order valence-corrected chi connectivity index (χ3v) is 1.76. The third kappa shape index (κ3) is 5.57. The predicted molar refractivity (Wildman–Crippen MR) is 55.3 cm³/mol. The molecule has 0 aliphatic rings. The van der Waals surface area contributed by atoms with E-state index >= 15 is 0 Å². The minimum atomic E-state index is -0.656. The van der Waals surface area contributed by atoms with Gasteiger partial charge in [-0.2, -0.15) is 0 Å². The number of rotatable bonds is 5. The lowest BCUT2D eigenvalue weighted by molar-refractivity contribution is -0.123. The Kier molecular flexibility index (Phi) is 5.93. The van der Waals surface area contributed by atoms with E-state index in [0.29, 0.717) is 6.42 Å². The van der Waals surface area contributed by atoms with Crippen LogP contribution in [0.2, 0.25) is 0 Å². The summed E-state index contributed by atoms with van der Waals surface area (Å²) in [6.07, 6.45) is 5.33. The second-order valence-electron chi connectivity index (χ2n) is 3.51. The monoisotopic (exact) mass is 198 g/mol. The Hall–Kier alpha value is -1.05. The summed E-state index contributed by atoms with van der Waals surface area (Å²) in [6, 6.07) is -0.747. The SMILES string of the molecule is C#CCC(N)C(=O)NC(C)CC(C)O. The van der Waals surface area contributed by atoms with E-state index in [0.717, 1.165) is 0 Å². The van der Waals surface area contributed by atoms with Crippen molar-refractivity contribution in [2.24, 2.45) is 5.73 Å². The summed E-state index contributed by atoms with van der Waals surface area (Å²) in [5, 5.41) is 11.7. The van der Waals surface area contributed by atoms with Gasteiger partial charge in [-0.3, -0.25) is 4.79 Å². The van der Waals surface area contributed by atoms with Crippen molar-refractivity contribution >= 4 is 5.91 Å². The fourth-order valence-corrected chi connectivity index (χ4v) is 1.14. The summed E-state index contributed by atoms with van der Waals surface area (Å²) in [6.45, 7) is 3.48. The zero-order valence-electron chi connectivity index (χ0n) is 8.66. The Balaban J connectivity index is 3.88. The van der Waals surface area contributed by atoms with Gasteiger partial charge in [-0.1, -0.05) is 0 Å². The van der Waals surface area contributed by atoms with E-state index in [-0.39, 0.29) is 18.4 Å². The molecule has 4 nitrogen and oxygen atoms in total. The van der Waals surface area contributed by atoms with Crippen molar-refractivity contribution in [3.63, 3.8) is 0 Å². The number of aliphatic hydroxyl groups is 1. The molecule has 0 saturated carbocycles. The van der Waals surface area contributed by atoms with Crippen molar-refractivity contribution in [2.45, 2.75) is 44.9 Å². The van der Waals surface area contributed by atoms with Gasteiger partial charge in [-0.05, 0) is 20.3 Å². The number of carbonyl (C=O) groups excluding carboxylic acids is 1. The molecule has 3 atom stereocenters. The molecule has 0 saturated heterocycles. The summed E-state index contributed by atoms with van der Waals surface area (Å²) >= 11 is 0. The average Bonchev–Trinajstić information content (AvgIpc) is 2.02. The number of amides is 1. The molecule has 0 aromatic heterocycles. The number of carbonyl (C=O) groups is 1. The molecule has 0 spiro atoms. The van der Waals surface area contributed by atoms with Crippen LogP contribution in [0.3, 0.4) is 0 Å². The first kappa shape index (κ1) is 12.9. The van der Waals surface area contributed by atoms with Crippen LogP contribution in [-0.2, 0) is 4.79 Å². The molecule has 3 unspecified atom stereocenters. The van der Waals surface area contributed by atoms with Gasteiger partial charge in [0, 0.05) is 12.5 Å². The number of nitrogens with one attached hydrogen (secondary N) is 1. The average molecular weight is 198 g/mol. The van der Waals surface area contributed by atoms with Crippen LogP contribution >= 0.6 is 0 Å². The smallest absolute Gasteiger partial charge is 0.238 e. The summed E-state index contributed by atoms with van der Waals surface area (Å²) in [7, 11) is 0. The molecule has 80 valence electrons. The largest absolute Gasteiger partial charge is 0.393 e. The van der Waals surface area contributed by atoms with Gasteiger partial charge in [0.15, 0.2) is 0 Å². The van der Waals surface area contributed by atoms with Gasteiger partial charge >= 0.3 is 0 Å². The Morgan fingerprint density at radius 1 is 1.64 bits per heavy atom. The highest BCUT2D eigenvalue weighted by Gasteiger charge is 2.15. The fraction of sp³-hybridized carbons (Fsp3) is 0.700. The van der Waals surface area contributed by atoms with Crippen molar-refractivity contribution in [3.8, 4) is 12.3 Å². The van der Waals surface area contributed by atoms with Gasteiger partial charge in [-0.25, -0.2) is 0 Å². The molecule has 0 aromatic carbocycles. The fourth-order valence-electron chi connectivity index (χ4n) is 1.14. The lowest BCUT2D eigenvalue weighted by Gasteiger charge is -2.17. The molecule has 0 aromatic rings. The number of terminal acetylenes is 1. The number of nitrogens with two attached hydrogens (primary N) is 1.